The summed E-state index contributed by atoms with van der Waals surface area (Å²) in [7, 11) is 1.89. The van der Waals surface area contributed by atoms with Gasteiger partial charge in [0.1, 0.15) is 0 Å². The minimum atomic E-state index is -0.542. The Morgan fingerprint density at radius 1 is 1.33 bits per heavy atom. The predicted molar refractivity (Wildman–Crippen MR) is 73.4 cm³/mol. The van der Waals surface area contributed by atoms with E-state index in [1.54, 1.807) is 6.92 Å². The van der Waals surface area contributed by atoms with Gasteiger partial charge >= 0.3 is 0 Å². The van der Waals surface area contributed by atoms with Crippen LogP contribution in [0.4, 0.5) is 0 Å². The van der Waals surface area contributed by atoms with E-state index in [9.17, 15) is 9.90 Å². The highest BCUT2D eigenvalue weighted by Crippen LogP contribution is 2.21. The summed E-state index contributed by atoms with van der Waals surface area (Å²) in [5.41, 5.74) is -0.542. The summed E-state index contributed by atoms with van der Waals surface area (Å²) >= 11 is 0. The number of nitrogens with zero attached hydrogens (tertiary/aromatic N) is 2. The number of carbonyl (C=O) groups excluding carboxylic acids is 1. The Bertz CT molecular complexity index is 269. The summed E-state index contributed by atoms with van der Waals surface area (Å²) in [6, 6.07) is 0.370. The van der Waals surface area contributed by atoms with Gasteiger partial charge in [-0.1, -0.05) is 13.8 Å². The molecule has 106 valence electrons. The minimum Gasteiger partial charge on any atom is -0.389 e. The van der Waals surface area contributed by atoms with E-state index in [2.05, 4.69) is 4.90 Å². The molecule has 0 aliphatic carbocycles. The summed E-state index contributed by atoms with van der Waals surface area (Å²) in [6.07, 6.45) is 3.63. The van der Waals surface area contributed by atoms with Crippen LogP contribution < -0.4 is 0 Å². The lowest BCUT2D eigenvalue weighted by Crippen LogP contribution is -2.49. The number of likely N-dealkylation sites (tertiary alicyclic amines) is 1. The number of hydrogen-bond acceptors (Lipinski definition) is 3. The van der Waals surface area contributed by atoms with E-state index in [1.807, 2.05) is 25.8 Å². The van der Waals surface area contributed by atoms with Crippen molar-refractivity contribution in [3.05, 3.63) is 0 Å². The smallest absolute Gasteiger partial charge is 0.219 e. The van der Waals surface area contributed by atoms with Gasteiger partial charge in [0.15, 0.2) is 0 Å². The van der Waals surface area contributed by atoms with Gasteiger partial charge in [-0.15, -0.1) is 0 Å². The molecule has 0 aromatic carbocycles. The number of carbonyl (C=O) groups is 1. The summed E-state index contributed by atoms with van der Waals surface area (Å²) < 4.78 is 0. The van der Waals surface area contributed by atoms with Crippen LogP contribution in [0.15, 0.2) is 0 Å². The molecule has 4 nitrogen and oxygen atoms in total. The van der Waals surface area contributed by atoms with E-state index < -0.39 is 5.60 Å². The third kappa shape index (κ3) is 3.95. The van der Waals surface area contributed by atoms with E-state index >= 15 is 0 Å². The van der Waals surface area contributed by atoms with Gasteiger partial charge in [0.05, 0.1) is 5.60 Å². The molecule has 0 saturated carbocycles. The third-order valence-electron chi connectivity index (χ3n) is 4.44. The molecule has 0 aromatic heterocycles. The van der Waals surface area contributed by atoms with Crippen molar-refractivity contribution in [2.24, 2.45) is 0 Å². The first-order valence-corrected chi connectivity index (χ1v) is 7.10. The molecule has 0 unspecified atom stereocenters. The standard InChI is InChI=1S/C14H28N2O2/c1-5-14(18,6-2)11-16-9-7-13(8-10-16)15(4)12(3)17/h13,18H,5-11H2,1-4H3. The van der Waals surface area contributed by atoms with Crippen molar-refractivity contribution in [3.8, 4) is 0 Å². The molecule has 0 spiro atoms. The van der Waals surface area contributed by atoms with Gasteiger partial charge < -0.3 is 14.9 Å². The quantitative estimate of drug-likeness (QED) is 0.810. The first-order chi connectivity index (χ1) is 8.41. The molecule has 1 aliphatic rings. The highest BCUT2D eigenvalue weighted by atomic mass is 16.3. The Hall–Kier alpha value is -0.610. The van der Waals surface area contributed by atoms with Crippen LogP contribution in [0.2, 0.25) is 0 Å². The summed E-state index contributed by atoms with van der Waals surface area (Å²) in [5.74, 6) is 0.145. The Labute approximate surface area is 111 Å². The molecule has 1 heterocycles. The zero-order chi connectivity index (χ0) is 13.8. The maximum Gasteiger partial charge on any atom is 0.219 e. The molecule has 0 bridgehead atoms. The number of aliphatic hydroxyl groups is 1. The van der Waals surface area contributed by atoms with Crippen molar-refractivity contribution in [1.82, 2.24) is 9.80 Å². The van der Waals surface area contributed by atoms with Crippen molar-refractivity contribution in [2.45, 2.75) is 58.1 Å². The minimum absolute atomic E-state index is 0.145. The number of rotatable bonds is 5. The normalized spacial score (nSPS) is 18.9. The number of piperidine rings is 1. The Morgan fingerprint density at radius 2 is 1.83 bits per heavy atom. The van der Waals surface area contributed by atoms with Crippen molar-refractivity contribution in [3.63, 3.8) is 0 Å². The van der Waals surface area contributed by atoms with Crippen LogP contribution in [0.1, 0.15) is 46.5 Å². The Morgan fingerprint density at radius 3 is 2.22 bits per heavy atom. The molecule has 1 N–H and O–H groups in total. The molecule has 0 radical (unpaired) electrons. The number of hydrogen-bond donors (Lipinski definition) is 1. The Kier molecular flexibility index (Phi) is 5.60. The maximum absolute atomic E-state index is 11.3. The molecule has 18 heavy (non-hydrogen) atoms. The number of amides is 1. The molecule has 0 atom stereocenters. The van der Waals surface area contributed by atoms with Crippen molar-refractivity contribution >= 4 is 5.91 Å². The van der Waals surface area contributed by atoms with Crippen molar-refractivity contribution in [1.29, 1.82) is 0 Å². The zero-order valence-electron chi connectivity index (χ0n) is 12.3. The van der Waals surface area contributed by atoms with E-state index in [0.717, 1.165) is 45.3 Å². The van der Waals surface area contributed by atoms with Gasteiger partial charge in [-0.3, -0.25) is 4.79 Å². The highest BCUT2D eigenvalue weighted by Gasteiger charge is 2.29. The highest BCUT2D eigenvalue weighted by molar-refractivity contribution is 5.73. The fourth-order valence-corrected chi connectivity index (χ4v) is 2.61. The first kappa shape index (κ1) is 15.4. The lowest BCUT2D eigenvalue weighted by Gasteiger charge is -2.39. The molecule has 1 amide bonds. The average Bonchev–Trinajstić information content (AvgIpc) is 2.38. The number of β-amino-alcohol motifs (C(OH)–C–C–N with tert-alkyl or cyclic N) is 1. The topological polar surface area (TPSA) is 43.8 Å². The predicted octanol–water partition coefficient (Wildman–Crippen LogP) is 1.48. The van der Waals surface area contributed by atoms with E-state index in [4.69, 9.17) is 0 Å². The molecular formula is C14H28N2O2. The monoisotopic (exact) mass is 256 g/mol. The van der Waals surface area contributed by atoms with Crippen LogP contribution in [0.25, 0.3) is 0 Å². The fraction of sp³-hybridized carbons (Fsp3) is 0.929. The van der Waals surface area contributed by atoms with E-state index in [1.165, 1.54) is 0 Å². The molecule has 4 heteroatoms. The van der Waals surface area contributed by atoms with Crippen LogP contribution in [-0.4, -0.2) is 59.1 Å². The SMILES string of the molecule is CCC(O)(CC)CN1CCC(N(C)C(C)=O)CC1. The largest absolute Gasteiger partial charge is 0.389 e. The van der Waals surface area contributed by atoms with E-state index in [0.29, 0.717) is 6.04 Å². The molecule has 1 saturated heterocycles. The lowest BCUT2D eigenvalue weighted by molar-refractivity contribution is -0.130. The lowest BCUT2D eigenvalue weighted by atomic mass is 9.95. The summed E-state index contributed by atoms with van der Waals surface area (Å²) in [5, 5.41) is 10.3. The maximum atomic E-state index is 11.3. The molecule has 1 fully saturated rings. The zero-order valence-corrected chi connectivity index (χ0v) is 12.3. The van der Waals surface area contributed by atoms with Gasteiger partial charge in [-0.2, -0.15) is 0 Å². The second-order valence-corrected chi connectivity index (χ2v) is 5.57. The summed E-state index contributed by atoms with van der Waals surface area (Å²) in [4.78, 5) is 15.5. The van der Waals surface area contributed by atoms with E-state index in [-0.39, 0.29) is 5.91 Å². The van der Waals surface area contributed by atoms with Gasteiger partial charge in [0.2, 0.25) is 5.91 Å². The van der Waals surface area contributed by atoms with Crippen molar-refractivity contribution in [2.75, 3.05) is 26.7 Å². The van der Waals surface area contributed by atoms with Crippen LogP contribution in [0.3, 0.4) is 0 Å². The molecule has 1 aliphatic heterocycles. The first-order valence-electron chi connectivity index (χ1n) is 7.10. The fourth-order valence-electron chi connectivity index (χ4n) is 2.61. The van der Waals surface area contributed by atoms with Gasteiger partial charge in [-0.05, 0) is 25.7 Å². The van der Waals surface area contributed by atoms with Crippen LogP contribution >= 0.6 is 0 Å². The second-order valence-electron chi connectivity index (χ2n) is 5.57. The molecule has 0 aromatic rings. The summed E-state index contributed by atoms with van der Waals surface area (Å²) in [6.45, 7) is 8.42. The van der Waals surface area contributed by atoms with Crippen LogP contribution in [0, 0.1) is 0 Å². The van der Waals surface area contributed by atoms with Crippen LogP contribution in [0.5, 0.6) is 0 Å². The van der Waals surface area contributed by atoms with Crippen LogP contribution in [-0.2, 0) is 4.79 Å². The van der Waals surface area contributed by atoms with Gasteiger partial charge in [0, 0.05) is 39.6 Å². The molecular weight excluding hydrogens is 228 g/mol. The Balaban J connectivity index is 2.42. The van der Waals surface area contributed by atoms with Crippen molar-refractivity contribution < 1.29 is 9.90 Å². The third-order valence-corrected chi connectivity index (χ3v) is 4.44. The van der Waals surface area contributed by atoms with Gasteiger partial charge in [-0.25, -0.2) is 0 Å². The molecule has 1 rings (SSSR count). The van der Waals surface area contributed by atoms with Gasteiger partial charge in [0.25, 0.3) is 0 Å². The second kappa shape index (κ2) is 6.53. The average molecular weight is 256 g/mol.